The predicted octanol–water partition coefficient (Wildman–Crippen LogP) is 1.85. The predicted molar refractivity (Wildman–Crippen MR) is 67.7 cm³/mol. The molecule has 0 saturated heterocycles. The third-order valence-electron chi connectivity index (χ3n) is 3.29. The van der Waals surface area contributed by atoms with Gasteiger partial charge in [0.1, 0.15) is 11.8 Å². The van der Waals surface area contributed by atoms with Crippen molar-refractivity contribution in [1.29, 1.82) is 5.26 Å². The topological polar surface area (TPSA) is 52.0 Å². The van der Waals surface area contributed by atoms with E-state index in [2.05, 4.69) is 29.2 Å². The monoisotopic (exact) mass is 230 g/mol. The number of nitrogens with zero attached hydrogens (tertiary/aromatic N) is 3. The van der Waals surface area contributed by atoms with Gasteiger partial charge in [-0.25, -0.2) is 4.98 Å². The van der Waals surface area contributed by atoms with E-state index in [9.17, 15) is 0 Å². The lowest BCUT2D eigenvalue weighted by atomic mass is 10.2. The summed E-state index contributed by atoms with van der Waals surface area (Å²) in [6, 6.07) is 7.00. The van der Waals surface area contributed by atoms with Crippen LogP contribution < -0.4 is 5.32 Å². The number of hydrogen-bond donors (Lipinski definition) is 1. The zero-order valence-corrected chi connectivity index (χ0v) is 10.3. The number of pyridine rings is 1. The molecule has 17 heavy (non-hydrogen) atoms. The highest BCUT2D eigenvalue weighted by Gasteiger charge is 2.28. The number of anilines is 1. The Bertz CT molecular complexity index is 420. The summed E-state index contributed by atoms with van der Waals surface area (Å²) in [4.78, 5) is 6.36. The first-order valence-electron chi connectivity index (χ1n) is 6.02. The van der Waals surface area contributed by atoms with Crippen LogP contribution >= 0.6 is 0 Å². The Morgan fingerprint density at radius 2 is 2.41 bits per heavy atom. The summed E-state index contributed by atoms with van der Waals surface area (Å²) >= 11 is 0. The highest BCUT2D eigenvalue weighted by atomic mass is 15.2. The Hall–Kier alpha value is -1.60. The molecule has 4 heteroatoms. The first kappa shape index (κ1) is 11.9. The second-order valence-corrected chi connectivity index (χ2v) is 4.67. The van der Waals surface area contributed by atoms with Gasteiger partial charge in [-0.05, 0) is 38.9 Å². The summed E-state index contributed by atoms with van der Waals surface area (Å²) in [7, 11) is 2.18. The maximum Gasteiger partial charge on any atom is 0.142 e. The molecular weight excluding hydrogens is 212 g/mol. The van der Waals surface area contributed by atoms with Crippen molar-refractivity contribution >= 4 is 5.69 Å². The molecule has 0 radical (unpaired) electrons. The summed E-state index contributed by atoms with van der Waals surface area (Å²) in [5, 5.41) is 12.1. The van der Waals surface area contributed by atoms with Crippen LogP contribution in [0, 0.1) is 11.3 Å². The molecule has 1 atom stereocenters. The molecule has 1 N–H and O–H groups in total. The van der Waals surface area contributed by atoms with E-state index in [1.807, 2.05) is 12.1 Å². The van der Waals surface area contributed by atoms with Crippen molar-refractivity contribution in [3.8, 4) is 6.07 Å². The number of nitriles is 1. The van der Waals surface area contributed by atoms with Crippen LogP contribution in [0.3, 0.4) is 0 Å². The first-order chi connectivity index (χ1) is 8.20. The zero-order valence-electron chi connectivity index (χ0n) is 10.3. The van der Waals surface area contributed by atoms with Gasteiger partial charge >= 0.3 is 0 Å². The molecule has 0 amide bonds. The van der Waals surface area contributed by atoms with E-state index in [-0.39, 0.29) is 0 Å². The summed E-state index contributed by atoms with van der Waals surface area (Å²) in [6.45, 7) is 3.11. The highest BCUT2D eigenvalue weighted by molar-refractivity contribution is 5.45. The lowest BCUT2D eigenvalue weighted by Gasteiger charge is -2.25. The molecule has 1 aliphatic carbocycles. The van der Waals surface area contributed by atoms with Crippen molar-refractivity contribution in [2.24, 2.45) is 0 Å². The second kappa shape index (κ2) is 5.15. The average Bonchev–Trinajstić information content (AvgIpc) is 3.19. The smallest absolute Gasteiger partial charge is 0.142 e. The third kappa shape index (κ3) is 3.18. The van der Waals surface area contributed by atoms with E-state index in [4.69, 9.17) is 5.26 Å². The van der Waals surface area contributed by atoms with E-state index in [0.29, 0.717) is 11.7 Å². The average molecular weight is 230 g/mol. The van der Waals surface area contributed by atoms with E-state index in [0.717, 1.165) is 18.3 Å². The van der Waals surface area contributed by atoms with Crippen LogP contribution in [-0.2, 0) is 0 Å². The molecule has 0 spiro atoms. The minimum absolute atomic E-state index is 0.457. The fraction of sp³-hybridized carbons (Fsp3) is 0.538. The summed E-state index contributed by atoms with van der Waals surface area (Å²) in [6.07, 6.45) is 4.32. The third-order valence-corrected chi connectivity index (χ3v) is 3.29. The lowest BCUT2D eigenvalue weighted by molar-refractivity contribution is 0.257. The molecular formula is C13H18N4. The largest absolute Gasteiger partial charge is 0.383 e. The SMILES string of the molecule is CC(CNc1ccnc(C#N)c1)N(C)C1CC1. The fourth-order valence-electron chi connectivity index (χ4n) is 1.85. The van der Waals surface area contributed by atoms with Crippen LogP contribution in [-0.4, -0.2) is 35.6 Å². The van der Waals surface area contributed by atoms with E-state index in [1.165, 1.54) is 12.8 Å². The Morgan fingerprint density at radius 3 is 3.06 bits per heavy atom. The molecule has 1 saturated carbocycles. The summed E-state index contributed by atoms with van der Waals surface area (Å²) < 4.78 is 0. The summed E-state index contributed by atoms with van der Waals surface area (Å²) in [5.74, 6) is 0. The molecule has 1 aliphatic rings. The van der Waals surface area contributed by atoms with Gasteiger partial charge in [0.25, 0.3) is 0 Å². The molecule has 90 valence electrons. The molecule has 2 rings (SSSR count). The van der Waals surface area contributed by atoms with E-state index < -0.39 is 0 Å². The van der Waals surface area contributed by atoms with Crippen LogP contribution in [0.1, 0.15) is 25.5 Å². The van der Waals surface area contributed by atoms with Crippen LogP contribution in [0.15, 0.2) is 18.3 Å². The molecule has 1 unspecified atom stereocenters. The molecule has 1 heterocycles. The van der Waals surface area contributed by atoms with Crippen molar-refractivity contribution in [3.05, 3.63) is 24.0 Å². The van der Waals surface area contributed by atoms with Crippen LogP contribution in [0.4, 0.5) is 5.69 Å². The van der Waals surface area contributed by atoms with Crippen molar-refractivity contribution in [3.63, 3.8) is 0 Å². The van der Waals surface area contributed by atoms with Crippen molar-refractivity contribution in [2.75, 3.05) is 18.9 Å². The van der Waals surface area contributed by atoms with Gasteiger partial charge in [0.15, 0.2) is 0 Å². The van der Waals surface area contributed by atoms with Gasteiger partial charge in [-0.1, -0.05) is 0 Å². The highest BCUT2D eigenvalue weighted by Crippen LogP contribution is 2.26. The van der Waals surface area contributed by atoms with Gasteiger partial charge in [0, 0.05) is 30.5 Å². The quantitative estimate of drug-likeness (QED) is 0.838. The standard InChI is InChI=1S/C13H18N4/c1-10(17(2)13-3-4-13)9-16-11-5-6-15-12(7-11)8-14/h5-7,10,13H,3-4,9H2,1-2H3,(H,15,16). The Balaban J connectivity index is 1.86. The number of rotatable bonds is 5. The molecule has 4 nitrogen and oxygen atoms in total. The number of hydrogen-bond acceptors (Lipinski definition) is 4. The summed E-state index contributed by atoms with van der Waals surface area (Å²) in [5.41, 5.74) is 1.42. The Labute approximate surface area is 102 Å². The minimum atomic E-state index is 0.457. The molecule has 0 aromatic carbocycles. The Kier molecular flexibility index (Phi) is 3.60. The van der Waals surface area contributed by atoms with Crippen molar-refractivity contribution in [1.82, 2.24) is 9.88 Å². The van der Waals surface area contributed by atoms with E-state index >= 15 is 0 Å². The second-order valence-electron chi connectivity index (χ2n) is 4.67. The van der Waals surface area contributed by atoms with Gasteiger partial charge in [0.05, 0.1) is 0 Å². The van der Waals surface area contributed by atoms with Gasteiger partial charge in [-0.3, -0.25) is 4.90 Å². The Morgan fingerprint density at radius 1 is 1.65 bits per heavy atom. The maximum absolute atomic E-state index is 8.76. The van der Waals surface area contributed by atoms with Crippen molar-refractivity contribution < 1.29 is 0 Å². The van der Waals surface area contributed by atoms with Crippen LogP contribution in [0.5, 0.6) is 0 Å². The van der Waals surface area contributed by atoms with Crippen LogP contribution in [0.25, 0.3) is 0 Å². The molecule has 0 bridgehead atoms. The van der Waals surface area contributed by atoms with Gasteiger partial charge in [-0.2, -0.15) is 5.26 Å². The van der Waals surface area contributed by atoms with Crippen LogP contribution in [0.2, 0.25) is 0 Å². The lowest BCUT2D eigenvalue weighted by Crippen LogP contribution is -2.36. The molecule has 1 aromatic heterocycles. The number of aromatic nitrogens is 1. The minimum Gasteiger partial charge on any atom is -0.383 e. The first-order valence-corrected chi connectivity index (χ1v) is 6.02. The zero-order chi connectivity index (χ0) is 12.3. The number of nitrogens with one attached hydrogen (secondary N) is 1. The normalized spacial score (nSPS) is 16.6. The van der Waals surface area contributed by atoms with Gasteiger partial charge in [0.2, 0.25) is 0 Å². The van der Waals surface area contributed by atoms with E-state index in [1.54, 1.807) is 12.3 Å². The molecule has 1 aromatic rings. The van der Waals surface area contributed by atoms with Crippen molar-refractivity contribution in [2.45, 2.75) is 31.8 Å². The number of likely N-dealkylation sites (N-methyl/N-ethyl adjacent to an activating group) is 1. The fourth-order valence-corrected chi connectivity index (χ4v) is 1.85. The van der Waals surface area contributed by atoms with Gasteiger partial charge in [-0.15, -0.1) is 0 Å². The molecule has 0 aliphatic heterocycles. The molecule has 1 fully saturated rings. The van der Waals surface area contributed by atoms with Gasteiger partial charge < -0.3 is 5.32 Å². The maximum atomic E-state index is 8.76.